The summed E-state index contributed by atoms with van der Waals surface area (Å²) in [6.45, 7) is 2.62. The topological polar surface area (TPSA) is 96.5 Å². The number of hydrogen-bond donors (Lipinski definition) is 3. The van der Waals surface area contributed by atoms with Crippen LogP contribution in [0.15, 0.2) is 36.7 Å². The second-order valence-electron chi connectivity index (χ2n) is 6.67. The highest BCUT2D eigenvalue weighted by atomic mass is 16.5. The molecule has 3 atom stereocenters. The third kappa shape index (κ3) is 3.44. The van der Waals surface area contributed by atoms with Gasteiger partial charge in [0.05, 0.1) is 25.4 Å². The van der Waals surface area contributed by atoms with E-state index in [0.29, 0.717) is 32.0 Å². The van der Waals surface area contributed by atoms with Crippen LogP contribution in [-0.4, -0.2) is 46.9 Å². The summed E-state index contributed by atoms with van der Waals surface area (Å²) >= 11 is 0. The van der Waals surface area contributed by atoms with Crippen LogP contribution in [0.1, 0.15) is 23.6 Å². The number of β-amino-alcohol motifs (C(OH)–C–C–N with tert-alkyl or cyclic N) is 1. The summed E-state index contributed by atoms with van der Waals surface area (Å²) in [5.41, 5.74) is 8.31. The summed E-state index contributed by atoms with van der Waals surface area (Å²) in [5, 5.41) is 13.7. The molecule has 1 aromatic heterocycles. The number of rotatable bonds is 4. The van der Waals surface area contributed by atoms with Crippen molar-refractivity contribution in [3.05, 3.63) is 47.8 Å². The first kappa shape index (κ1) is 16.3. The van der Waals surface area contributed by atoms with E-state index in [2.05, 4.69) is 38.4 Å². The summed E-state index contributed by atoms with van der Waals surface area (Å²) < 4.78 is 5.71. The highest BCUT2D eigenvalue weighted by Crippen LogP contribution is 2.27. The van der Waals surface area contributed by atoms with Crippen molar-refractivity contribution < 1.29 is 9.84 Å². The van der Waals surface area contributed by atoms with Gasteiger partial charge in [0.25, 0.3) is 0 Å². The van der Waals surface area contributed by atoms with Gasteiger partial charge in [0.15, 0.2) is 0 Å². The number of aliphatic hydroxyl groups is 1. The van der Waals surface area contributed by atoms with E-state index in [0.717, 1.165) is 12.4 Å². The SMILES string of the molecule is Nc1cc(N2C[C@H](O)C[C@@H]2CNC2COCc3ccccc32)ncn1. The summed E-state index contributed by atoms with van der Waals surface area (Å²) in [6.07, 6.45) is 1.80. The maximum atomic E-state index is 10.1. The number of nitrogens with zero attached hydrogens (tertiary/aromatic N) is 3. The summed E-state index contributed by atoms with van der Waals surface area (Å²) in [7, 11) is 0. The van der Waals surface area contributed by atoms with Crippen molar-refractivity contribution in [2.75, 3.05) is 30.3 Å². The molecule has 7 heteroatoms. The molecule has 2 aromatic rings. The maximum Gasteiger partial charge on any atom is 0.134 e. The minimum atomic E-state index is -0.363. The summed E-state index contributed by atoms with van der Waals surface area (Å²) in [4.78, 5) is 10.4. The molecule has 4 N–H and O–H groups in total. The van der Waals surface area contributed by atoms with Crippen LogP contribution < -0.4 is 16.0 Å². The molecule has 2 aliphatic heterocycles. The normalized spacial score (nSPS) is 25.8. The molecule has 1 aromatic carbocycles. The average molecular weight is 341 g/mol. The molecule has 7 nitrogen and oxygen atoms in total. The predicted octanol–water partition coefficient (Wildman–Crippen LogP) is 0.859. The zero-order valence-corrected chi connectivity index (χ0v) is 14.0. The van der Waals surface area contributed by atoms with E-state index in [1.807, 2.05) is 6.07 Å². The van der Waals surface area contributed by atoms with E-state index in [9.17, 15) is 5.11 Å². The van der Waals surface area contributed by atoms with E-state index < -0.39 is 0 Å². The minimum absolute atomic E-state index is 0.151. The zero-order chi connectivity index (χ0) is 17.2. The van der Waals surface area contributed by atoms with Crippen LogP contribution in [0.3, 0.4) is 0 Å². The molecule has 1 saturated heterocycles. The highest BCUT2D eigenvalue weighted by Gasteiger charge is 2.32. The Hall–Kier alpha value is -2.22. The molecule has 0 bridgehead atoms. The summed E-state index contributed by atoms with van der Waals surface area (Å²) in [6, 6.07) is 10.4. The molecule has 0 radical (unpaired) electrons. The van der Waals surface area contributed by atoms with Crippen LogP contribution in [0.25, 0.3) is 0 Å². The average Bonchev–Trinajstić information content (AvgIpc) is 3.01. The van der Waals surface area contributed by atoms with Crippen LogP contribution in [-0.2, 0) is 11.3 Å². The van der Waals surface area contributed by atoms with Crippen LogP contribution in [0.4, 0.5) is 11.6 Å². The molecule has 0 amide bonds. The Morgan fingerprint density at radius 3 is 3.08 bits per heavy atom. The van der Waals surface area contributed by atoms with Gasteiger partial charge in [0, 0.05) is 25.2 Å². The largest absolute Gasteiger partial charge is 0.391 e. The van der Waals surface area contributed by atoms with Gasteiger partial charge in [-0.2, -0.15) is 0 Å². The zero-order valence-electron chi connectivity index (χ0n) is 14.0. The van der Waals surface area contributed by atoms with Gasteiger partial charge in [-0.3, -0.25) is 0 Å². The molecular weight excluding hydrogens is 318 g/mol. The standard InChI is InChI=1S/C18H23N5O2/c19-17-6-18(22-11-21-17)23-8-14(24)5-13(23)7-20-16-10-25-9-12-3-1-2-4-15(12)16/h1-4,6,11,13-14,16,20,24H,5,7-10H2,(H2,19,21,22)/t13-,14-,16?/m1/s1. The number of aliphatic hydroxyl groups excluding tert-OH is 1. The molecule has 0 aliphatic carbocycles. The second kappa shape index (κ2) is 6.95. The van der Waals surface area contributed by atoms with Gasteiger partial charge in [0.2, 0.25) is 0 Å². The van der Waals surface area contributed by atoms with Crippen molar-refractivity contribution in [3.8, 4) is 0 Å². The molecule has 4 rings (SSSR count). The Balaban J connectivity index is 1.47. The van der Waals surface area contributed by atoms with Crippen molar-refractivity contribution in [1.82, 2.24) is 15.3 Å². The van der Waals surface area contributed by atoms with E-state index >= 15 is 0 Å². The Morgan fingerprint density at radius 1 is 1.32 bits per heavy atom. The van der Waals surface area contributed by atoms with Crippen molar-refractivity contribution in [2.45, 2.75) is 31.2 Å². The quantitative estimate of drug-likeness (QED) is 0.759. The number of ether oxygens (including phenoxy) is 1. The maximum absolute atomic E-state index is 10.1. The fourth-order valence-corrected chi connectivity index (χ4v) is 3.71. The summed E-state index contributed by atoms with van der Waals surface area (Å²) in [5.74, 6) is 1.20. The lowest BCUT2D eigenvalue weighted by Gasteiger charge is -2.30. The smallest absolute Gasteiger partial charge is 0.134 e. The monoisotopic (exact) mass is 341 g/mol. The first-order valence-electron chi connectivity index (χ1n) is 8.62. The second-order valence-corrected chi connectivity index (χ2v) is 6.67. The van der Waals surface area contributed by atoms with Crippen molar-refractivity contribution in [2.24, 2.45) is 0 Å². The molecule has 2 aliphatic rings. The Morgan fingerprint density at radius 2 is 2.20 bits per heavy atom. The van der Waals surface area contributed by atoms with Gasteiger partial charge in [0.1, 0.15) is 18.0 Å². The van der Waals surface area contributed by atoms with E-state index in [-0.39, 0.29) is 18.2 Å². The Labute approximate surface area is 146 Å². The number of benzene rings is 1. The van der Waals surface area contributed by atoms with Crippen molar-refractivity contribution >= 4 is 11.6 Å². The van der Waals surface area contributed by atoms with Gasteiger partial charge in [-0.15, -0.1) is 0 Å². The third-order valence-corrected chi connectivity index (χ3v) is 4.93. The molecule has 1 fully saturated rings. The number of aromatic nitrogens is 2. The van der Waals surface area contributed by atoms with Crippen molar-refractivity contribution in [3.63, 3.8) is 0 Å². The molecule has 25 heavy (non-hydrogen) atoms. The van der Waals surface area contributed by atoms with Gasteiger partial charge in [-0.25, -0.2) is 9.97 Å². The van der Waals surface area contributed by atoms with Crippen LogP contribution >= 0.6 is 0 Å². The first-order chi connectivity index (χ1) is 12.2. The fraction of sp³-hybridized carbons (Fsp3) is 0.444. The number of hydrogen-bond acceptors (Lipinski definition) is 7. The minimum Gasteiger partial charge on any atom is -0.391 e. The number of nitrogens with one attached hydrogen (secondary N) is 1. The molecule has 1 unspecified atom stereocenters. The number of nitrogens with two attached hydrogens (primary N) is 1. The van der Waals surface area contributed by atoms with E-state index in [4.69, 9.17) is 10.5 Å². The van der Waals surface area contributed by atoms with Crippen LogP contribution in [0, 0.1) is 0 Å². The lowest BCUT2D eigenvalue weighted by Crippen LogP contribution is -2.41. The van der Waals surface area contributed by atoms with Crippen LogP contribution in [0.2, 0.25) is 0 Å². The highest BCUT2D eigenvalue weighted by molar-refractivity contribution is 5.48. The number of anilines is 2. The first-order valence-corrected chi connectivity index (χ1v) is 8.62. The molecule has 0 saturated carbocycles. The van der Waals surface area contributed by atoms with Gasteiger partial charge in [-0.05, 0) is 17.5 Å². The number of nitrogen functional groups attached to an aromatic ring is 1. The lowest BCUT2D eigenvalue weighted by molar-refractivity contribution is 0.0816. The molecular formula is C18H23N5O2. The Kier molecular flexibility index (Phi) is 4.52. The molecule has 3 heterocycles. The predicted molar refractivity (Wildman–Crippen MR) is 95.0 cm³/mol. The van der Waals surface area contributed by atoms with Crippen LogP contribution in [0.5, 0.6) is 0 Å². The lowest BCUT2D eigenvalue weighted by atomic mass is 9.99. The van der Waals surface area contributed by atoms with Crippen molar-refractivity contribution in [1.29, 1.82) is 0 Å². The molecule has 132 valence electrons. The fourth-order valence-electron chi connectivity index (χ4n) is 3.71. The molecule has 0 spiro atoms. The Bertz CT molecular complexity index is 741. The van der Waals surface area contributed by atoms with Gasteiger partial charge in [-0.1, -0.05) is 24.3 Å². The van der Waals surface area contributed by atoms with E-state index in [1.165, 1.54) is 17.5 Å². The van der Waals surface area contributed by atoms with Gasteiger partial charge < -0.3 is 25.8 Å². The number of fused-ring (bicyclic) bond motifs is 1. The third-order valence-electron chi connectivity index (χ3n) is 4.93. The van der Waals surface area contributed by atoms with E-state index in [1.54, 1.807) is 6.07 Å². The van der Waals surface area contributed by atoms with Gasteiger partial charge >= 0.3 is 0 Å².